The molecule has 2 N–H and O–H groups in total. The second-order valence-electron chi connectivity index (χ2n) is 2.76. The van der Waals surface area contributed by atoms with Gasteiger partial charge in [0.15, 0.2) is 0 Å². The normalized spacial score (nSPS) is 55.6. The molecule has 76 valence electrons. The van der Waals surface area contributed by atoms with Crippen molar-refractivity contribution in [1.82, 2.24) is 0 Å². The number of piperidine rings is 1. The first-order valence-electron chi connectivity index (χ1n) is 10.0. The molecule has 1 heterocycles. The molecule has 2 heteroatoms. The number of benzene rings is 1. The highest BCUT2D eigenvalue weighted by Gasteiger charge is 2.17. The molecule has 1 saturated heterocycles. The fraction of sp³-hybridized carbons (Fsp3) is 0.500. The number of nitrogens with two attached hydrogens (primary N) is 1. The summed E-state index contributed by atoms with van der Waals surface area (Å²) in [6.45, 7) is -6.89. The average molecular weight is 202 g/mol. The molecule has 1 fully saturated rings. The summed E-state index contributed by atoms with van der Waals surface area (Å²) in [6, 6.07) is 1.33. The fourth-order valence-electron chi connectivity index (χ4n) is 1.10. The van der Waals surface area contributed by atoms with Crippen LogP contribution in [0.25, 0.3) is 0 Å². The topological polar surface area (TPSA) is 29.3 Å². The van der Waals surface area contributed by atoms with Crippen LogP contribution in [-0.2, 0) is 0 Å². The van der Waals surface area contributed by atoms with Crippen LogP contribution in [-0.4, -0.2) is 12.5 Å². The number of hydrogen-bond donors (Lipinski definition) is 1. The SMILES string of the molecule is [2H]C([2H])([2H])C1([2H])N(c2ccc(N)cc2)C([2H])([2H])C([2H])([2H])C([2H])([2H])C1([2H])[2H]. The van der Waals surface area contributed by atoms with E-state index in [1.165, 1.54) is 12.1 Å². The zero-order valence-electron chi connectivity index (χ0n) is 19.3. The lowest BCUT2D eigenvalue weighted by molar-refractivity contribution is 0.485. The molecule has 1 atom stereocenters. The van der Waals surface area contributed by atoms with Crippen molar-refractivity contribution in [2.24, 2.45) is 0 Å². The maximum atomic E-state index is 8.42. The second kappa shape index (κ2) is 3.91. The van der Waals surface area contributed by atoms with Crippen LogP contribution in [0, 0.1) is 0 Å². The van der Waals surface area contributed by atoms with E-state index >= 15 is 0 Å². The Hall–Kier alpha value is -1.18. The maximum Gasteiger partial charge on any atom is 0.0527 e. The monoisotopic (exact) mass is 202 g/mol. The Morgan fingerprint density at radius 2 is 2.29 bits per heavy atom. The Morgan fingerprint density at radius 3 is 3.00 bits per heavy atom. The Labute approximate surface area is 103 Å². The van der Waals surface area contributed by atoms with E-state index in [1.807, 2.05) is 0 Å². The Kier molecular flexibility index (Phi) is 0.750. The minimum absolute atomic E-state index is 0.160. The Bertz CT molecular complexity index is 695. The summed E-state index contributed by atoms with van der Waals surface area (Å²) < 4.78 is 95.5. The van der Waals surface area contributed by atoms with Gasteiger partial charge in [-0.15, -0.1) is 0 Å². The first kappa shape index (κ1) is 2.69. The number of nitrogens with zero attached hydrogens (tertiary/aromatic N) is 1. The van der Waals surface area contributed by atoms with Crippen LogP contribution in [0.4, 0.5) is 11.4 Å². The molecule has 2 nitrogen and oxygen atoms in total. The van der Waals surface area contributed by atoms with Gasteiger partial charge in [0.1, 0.15) is 0 Å². The Balaban J connectivity index is 2.94. The van der Waals surface area contributed by atoms with E-state index in [2.05, 4.69) is 0 Å². The third kappa shape index (κ3) is 1.84. The predicted molar refractivity (Wildman–Crippen MR) is 61.5 cm³/mol. The molecule has 0 amide bonds. The van der Waals surface area contributed by atoms with Crippen molar-refractivity contribution >= 4 is 11.4 Å². The minimum Gasteiger partial charge on any atom is -0.399 e. The van der Waals surface area contributed by atoms with Gasteiger partial charge < -0.3 is 10.6 Å². The third-order valence-electron chi connectivity index (χ3n) is 1.79. The number of hydrogen-bond acceptors (Lipinski definition) is 2. The van der Waals surface area contributed by atoms with Gasteiger partial charge in [0.05, 0.1) is 1.37 Å². The van der Waals surface area contributed by atoms with Gasteiger partial charge in [0, 0.05) is 39.0 Å². The molecule has 0 bridgehead atoms. The van der Waals surface area contributed by atoms with E-state index in [1.54, 1.807) is 0 Å². The van der Waals surface area contributed by atoms with E-state index in [0.717, 1.165) is 12.1 Å². The van der Waals surface area contributed by atoms with Crippen LogP contribution in [0.5, 0.6) is 0 Å². The molecule has 0 radical (unpaired) electrons. The van der Waals surface area contributed by atoms with Gasteiger partial charge in [-0.2, -0.15) is 0 Å². The quantitative estimate of drug-likeness (QED) is 0.709. The molecule has 1 aromatic rings. The largest absolute Gasteiger partial charge is 0.399 e. The lowest BCUT2D eigenvalue weighted by Crippen LogP contribution is -2.37. The molecule has 2 rings (SSSR count). The summed E-state index contributed by atoms with van der Waals surface area (Å²) in [6.07, 6.45) is -10.7. The molecule has 0 saturated carbocycles. The van der Waals surface area contributed by atoms with Gasteiger partial charge in [-0.05, 0) is 50.2 Å². The number of nitrogen functional groups attached to an aromatic ring is 1. The van der Waals surface area contributed by atoms with Gasteiger partial charge in [-0.3, -0.25) is 0 Å². The summed E-state index contributed by atoms with van der Waals surface area (Å²) in [4.78, 5) is 0.160. The zero-order chi connectivity index (χ0) is 20.6. The van der Waals surface area contributed by atoms with Crippen molar-refractivity contribution in [2.75, 3.05) is 17.1 Å². The number of anilines is 2. The fourth-order valence-corrected chi connectivity index (χ4v) is 1.10. The van der Waals surface area contributed by atoms with Crippen molar-refractivity contribution in [1.29, 1.82) is 0 Å². The summed E-state index contributed by atoms with van der Waals surface area (Å²) in [5, 5.41) is 0. The molecule has 0 aromatic heterocycles. The van der Waals surface area contributed by atoms with Crippen molar-refractivity contribution < 1.29 is 16.4 Å². The molecule has 1 aliphatic rings. The van der Waals surface area contributed by atoms with E-state index < -0.39 is 38.5 Å². The summed E-state index contributed by atoms with van der Waals surface area (Å²) in [7, 11) is 0. The first-order valence-corrected chi connectivity index (χ1v) is 4.03. The van der Waals surface area contributed by atoms with Crippen LogP contribution in [0.3, 0.4) is 0 Å². The highest BCUT2D eigenvalue weighted by Crippen LogP contribution is 2.24. The van der Waals surface area contributed by atoms with Gasteiger partial charge in [0.2, 0.25) is 0 Å². The van der Waals surface area contributed by atoms with Gasteiger partial charge in [-0.1, -0.05) is 0 Å². The third-order valence-corrected chi connectivity index (χ3v) is 1.79. The van der Waals surface area contributed by atoms with Gasteiger partial charge in [-0.25, -0.2) is 0 Å². The summed E-state index contributed by atoms with van der Waals surface area (Å²) in [5.41, 5.74) is 5.48. The van der Waals surface area contributed by atoms with Crippen molar-refractivity contribution in [2.45, 2.75) is 32.0 Å². The lowest BCUT2D eigenvalue weighted by Gasteiger charge is -2.35. The average Bonchev–Trinajstić information content (AvgIpc) is 2.46. The van der Waals surface area contributed by atoms with E-state index in [4.69, 9.17) is 22.2 Å². The molecule has 1 aliphatic heterocycles. The van der Waals surface area contributed by atoms with Crippen LogP contribution < -0.4 is 10.6 Å². The highest BCUT2D eigenvalue weighted by atomic mass is 15.2. The van der Waals surface area contributed by atoms with Crippen LogP contribution >= 0.6 is 0 Å². The van der Waals surface area contributed by atoms with Crippen LogP contribution in [0.15, 0.2) is 24.3 Å². The van der Waals surface area contributed by atoms with E-state index in [0.29, 0.717) is 0 Å². The zero-order valence-corrected chi connectivity index (χ0v) is 7.33. The number of rotatable bonds is 1. The van der Waals surface area contributed by atoms with Gasteiger partial charge in [0.25, 0.3) is 0 Å². The molecule has 0 spiro atoms. The van der Waals surface area contributed by atoms with Crippen molar-refractivity contribution in [3.8, 4) is 0 Å². The minimum atomic E-state index is -3.62. The lowest BCUT2D eigenvalue weighted by atomic mass is 10.0. The van der Waals surface area contributed by atoms with Gasteiger partial charge >= 0.3 is 0 Å². The van der Waals surface area contributed by atoms with E-state index in [-0.39, 0.29) is 16.3 Å². The molecular weight excluding hydrogens is 172 g/mol. The molecule has 0 aliphatic carbocycles. The van der Waals surface area contributed by atoms with Crippen LogP contribution in [0.1, 0.15) is 42.4 Å². The summed E-state index contributed by atoms with van der Waals surface area (Å²) >= 11 is 0. The standard InChI is InChI=1S/C12H18N2/c1-10-4-2-3-9-14(10)12-7-5-11(13)6-8-12/h5-8,10H,2-4,9,13H2,1H3/i1D3,2D2,3D2,4D2,9D2,10D. The molecule has 14 heavy (non-hydrogen) atoms. The Morgan fingerprint density at radius 1 is 1.50 bits per heavy atom. The molecule has 1 unspecified atom stereocenters. The molecular formula is C12H18N2. The first-order chi connectivity index (χ1) is 11.4. The predicted octanol–water partition coefficient (Wildman–Crippen LogP) is 2.65. The van der Waals surface area contributed by atoms with Crippen molar-refractivity contribution in [3.63, 3.8) is 0 Å². The van der Waals surface area contributed by atoms with E-state index in [9.17, 15) is 0 Å². The molecule has 1 aromatic carbocycles. The van der Waals surface area contributed by atoms with Crippen LogP contribution in [0.2, 0.25) is 0 Å². The highest BCUT2D eigenvalue weighted by molar-refractivity contribution is 5.53. The smallest absolute Gasteiger partial charge is 0.0527 e. The summed E-state index contributed by atoms with van der Waals surface area (Å²) in [5.74, 6) is 0. The van der Waals surface area contributed by atoms with Crippen molar-refractivity contribution in [3.05, 3.63) is 24.3 Å². The second-order valence-corrected chi connectivity index (χ2v) is 2.76. The maximum absolute atomic E-state index is 8.42.